The van der Waals surface area contributed by atoms with Gasteiger partial charge in [0.25, 0.3) is 0 Å². The first kappa shape index (κ1) is 13.5. The van der Waals surface area contributed by atoms with Gasteiger partial charge in [0, 0.05) is 12.1 Å². The lowest BCUT2D eigenvalue weighted by atomic mass is 10.3. The molecule has 0 N–H and O–H groups in total. The molecule has 0 atom stereocenters. The van der Waals surface area contributed by atoms with Crippen molar-refractivity contribution < 1.29 is 4.79 Å². The number of amides is 1. The second-order valence-corrected chi connectivity index (χ2v) is 4.39. The van der Waals surface area contributed by atoms with E-state index in [1.165, 1.54) is 0 Å². The van der Waals surface area contributed by atoms with Gasteiger partial charge in [0.2, 0.25) is 5.91 Å². The van der Waals surface area contributed by atoms with Crippen LogP contribution in [0.15, 0.2) is 53.8 Å². The van der Waals surface area contributed by atoms with Crippen molar-refractivity contribution in [1.82, 2.24) is 9.78 Å². The van der Waals surface area contributed by atoms with Gasteiger partial charge < -0.3 is 0 Å². The number of para-hydroxylation sites is 1. The lowest BCUT2D eigenvalue weighted by Gasteiger charge is -2.03. The summed E-state index contributed by atoms with van der Waals surface area (Å²) >= 11 is 0. The fourth-order valence-corrected chi connectivity index (χ4v) is 1.70. The van der Waals surface area contributed by atoms with Crippen LogP contribution < -0.4 is 5.36 Å². The van der Waals surface area contributed by atoms with E-state index < -0.39 is 0 Å². The Labute approximate surface area is 117 Å². The molecule has 0 bridgehead atoms. The molecule has 1 aromatic carbocycles. The normalized spacial score (nSPS) is 14.8. The molecule has 0 saturated heterocycles. The molecule has 1 amide bonds. The first-order valence-corrected chi connectivity index (χ1v) is 6.02. The Morgan fingerprint density at radius 2 is 1.95 bits per heavy atom. The maximum atomic E-state index is 11.5. The number of carbonyl (C=O) groups excluding carboxylic acids is 1. The SMILES string of the molecule is Cl.O=C(N=c1ccn(-c2ccccc2)nc1)C1CC1. The Morgan fingerprint density at radius 3 is 2.53 bits per heavy atom. The van der Waals surface area contributed by atoms with Crippen LogP contribution in [-0.4, -0.2) is 15.7 Å². The Kier molecular flexibility index (Phi) is 4.12. The average molecular weight is 276 g/mol. The van der Waals surface area contributed by atoms with Crippen molar-refractivity contribution in [3.05, 3.63) is 54.1 Å². The monoisotopic (exact) mass is 275 g/mol. The zero-order valence-electron chi connectivity index (χ0n) is 10.3. The number of nitrogens with zero attached hydrogens (tertiary/aromatic N) is 3. The molecule has 5 heteroatoms. The molecule has 98 valence electrons. The Bertz CT molecular complexity index is 612. The minimum absolute atomic E-state index is 0. The number of hydrogen-bond acceptors (Lipinski definition) is 2. The number of rotatable bonds is 2. The van der Waals surface area contributed by atoms with Gasteiger partial charge in [-0.25, -0.2) is 9.67 Å². The molecule has 0 aliphatic heterocycles. The summed E-state index contributed by atoms with van der Waals surface area (Å²) < 4.78 is 1.75. The van der Waals surface area contributed by atoms with E-state index in [4.69, 9.17) is 0 Å². The molecule has 4 nitrogen and oxygen atoms in total. The van der Waals surface area contributed by atoms with Crippen molar-refractivity contribution >= 4 is 18.3 Å². The molecule has 0 unspecified atom stereocenters. The highest BCUT2D eigenvalue weighted by molar-refractivity contribution is 5.85. The summed E-state index contributed by atoms with van der Waals surface area (Å²) in [7, 11) is 0. The summed E-state index contributed by atoms with van der Waals surface area (Å²) in [6, 6.07) is 11.6. The van der Waals surface area contributed by atoms with Crippen molar-refractivity contribution in [2.24, 2.45) is 10.9 Å². The predicted octanol–water partition coefficient (Wildman–Crippen LogP) is 2.13. The van der Waals surface area contributed by atoms with Gasteiger partial charge in [0.05, 0.1) is 17.2 Å². The smallest absolute Gasteiger partial charge is 0.249 e. The second kappa shape index (κ2) is 5.80. The Balaban J connectivity index is 0.00000133. The van der Waals surface area contributed by atoms with Gasteiger partial charge >= 0.3 is 0 Å². The van der Waals surface area contributed by atoms with Crippen molar-refractivity contribution in [3.8, 4) is 5.69 Å². The molecule has 1 fully saturated rings. The second-order valence-electron chi connectivity index (χ2n) is 4.39. The van der Waals surface area contributed by atoms with Crippen LogP contribution in [0, 0.1) is 5.92 Å². The van der Waals surface area contributed by atoms with Crippen LogP contribution in [0.25, 0.3) is 5.69 Å². The van der Waals surface area contributed by atoms with E-state index in [9.17, 15) is 4.79 Å². The number of hydrogen-bond donors (Lipinski definition) is 0. The van der Waals surface area contributed by atoms with Crippen molar-refractivity contribution in [2.45, 2.75) is 12.8 Å². The first-order chi connectivity index (χ1) is 8.83. The van der Waals surface area contributed by atoms with Crippen molar-refractivity contribution in [3.63, 3.8) is 0 Å². The van der Waals surface area contributed by atoms with E-state index in [-0.39, 0.29) is 24.2 Å². The summed E-state index contributed by atoms with van der Waals surface area (Å²) in [5, 5.41) is 4.88. The maximum Gasteiger partial charge on any atom is 0.249 e. The summed E-state index contributed by atoms with van der Waals surface area (Å²) in [4.78, 5) is 15.6. The third kappa shape index (κ3) is 3.29. The first-order valence-electron chi connectivity index (χ1n) is 6.02. The highest BCUT2D eigenvalue weighted by atomic mass is 35.5. The van der Waals surface area contributed by atoms with E-state index in [0.717, 1.165) is 18.5 Å². The van der Waals surface area contributed by atoms with E-state index in [1.54, 1.807) is 16.9 Å². The van der Waals surface area contributed by atoms with Gasteiger partial charge in [-0.2, -0.15) is 5.10 Å². The summed E-state index contributed by atoms with van der Waals surface area (Å²) in [5.41, 5.74) is 0.984. The predicted molar refractivity (Wildman–Crippen MR) is 74.1 cm³/mol. The highest BCUT2D eigenvalue weighted by Crippen LogP contribution is 2.29. The lowest BCUT2D eigenvalue weighted by molar-refractivity contribution is -0.119. The highest BCUT2D eigenvalue weighted by Gasteiger charge is 2.28. The van der Waals surface area contributed by atoms with Crippen molar-refractivity contribution in [2.75, 3.05) is 0 Å². The minimum atomic E-state index is -0.0192. The van der Waals surface area contributed by atoms with Gasteiger partial charge in [-0.3, -0.25) is 4.79 Å². The van der Waals surface area contributed by atoms with Gasteiger partial charge in [0.1, 0.15) is 0 Å². The molecular weight excluding hydrogens is 262 g/mol. The van der Waals surface area contributed by atoms with Crippen LogP contribution in [0.3, 0.4) is 0 Å². The molecule has 1 saturated carbocycles. The van der Waals surface area contributed by atoms with Crippen LogP contribution in [0.5, 0.6) is 0 Å². The van der Waals surface area contributed by atoms with Crippen LogP contribution in [0.4, 0.5) is 0 Å². The third-order valence-electron chi connectivity index (χ3n) is 2.89. The van der Waals surface area contributed by atoms with Crippen LogP contribution in [0.2, 0.25) is 0 Å². The molecule has 1 aliphatic carbocycles. The summed E-state index contributed by atoms with van der Waals surface area (Å²) in [5.74, 6) is 0.140. The van der Waals surface area contributed by atoms with E-state index >= 15 is 0 Å². The van der Waals surface area contributed by atoms with E-state index in [1.807, 2.05) is 36.5 Å². The number of carbonyl (C=O) groups is 1. The molecule has 2 aromatic rings. The topological polar surface area (TPSA) is 47.2 Å². The lowest BCUT2D eigenvalue weighted by Crippen LogP contribution is -2.11. The zero-order chi connectivity index (χ0) is 12.4. The average Bonchev–Trinajstić information content (AvgIpc) is 3.25. The van der Waals surface area contributed by atoms with E-state index in [2.05, 4.69) is 10.1 Å². The summed E-state index contributed by atoms with van der Waals surface area (Å²) in [6.45, 7) is 0. The molecule has 3 rings (SSSR count). The Morgan fingerprint density at radius 1 is 1.21 bits per heavy atom. The standard InChI is InChI=1S/C14H13N3O.ClH/c18-14(11-6-7-11)16-12-8-9-17(15-10-12)13-4-2-1-3-5-13;/h1-5,8-11H,6-7H2;1H. The molecule has 19 heavy (non-hydrogen) atoms. The summed E-state index contributed by atoms with van der Waals surface area (Å²) in [6.07, 6.45) is 5.39. The van der Waals surface area contributed by atoms with Gasteiger partial charge in [-0.15, -0.1) is 12.4 Å². The van der Waals surface area contributed by atoms with Crippen molar-refractivity contribution in [1.29, 1.82) is 0 Å². The molecular formula is C14H14ClN3O. The number of aromatic nitrogens is 2. The molecule has 1 aromatic heterocycles. The fourth-order valence-electron chi connectivity index (χ4n) is 1.70. The van der Waals surface area contributed by atoms with Gasteiger partial charge in [-0.1, -0.05) is 18.2 Å². The van der Waals surface area contributed by atoms with Gasteiger partial charge in [0.15, 0.2) is 0 Å². The third-order valence-corrected chi connectivity index (χ3v) is 2.89. The van der Waals surface area contributed by atoms with Crippen LogP contribution in [0.1, 0.15) is 12.8 Å². The van der Waals surface area contributed by atoms with Crippen LogP contribution in [-0.2, 0) is 4.79 Å². The van der Waals surface area contributed by atoms with E-state index in [0.29, 0.717) is 5.36 Å². The minimum Gasteiger partial charge on any atom is -0.272 e. The molecule has 0 radical (unpaired) electrons. The molecule has 0 spiro atoms. The molecule has 1 aliphatic rings. The fraction of sp³-hybridized carbons (Fsp3) is 0.214. The number of benzene rings is 1. The van der Waals surface area contributed by atoms with Gasteiger partial charge in [-0.05, 0) is 31.0 Å². The maximum absolute atomic E-state index is 11.5. The molecule has 1 heterocycles. The van der Waals surface area contributed by atoms with Crippen LogP contribution >= 0.6 is 12.4 Å². The Hall–Kier alpha value is -1.94. The number of halogens is 1. The zero-order valence-corrected chi connectivity index (χ0v) is 11.1. The largest absolute Gasteiger partial charge is 0.272 e. The quantitative estimate of drug-likeness (QED) is 0.843.